The molecule has 64 valence electrons. The Labute approximate surface area is 73.2 Å². The maximum Gasteiger partial charge on any atom is 0.180 e. The lowest BCUT2D eigenvalue weighted by atomic mass is 9.80. The van der Waals surface area contributed by atoms with Crippen molar-refractivity contribution in [1.82, 2.24) is 0 Å². The molecule has 0 atom stereocenters. The Morgan fingerprint density at radius 1 is 1.33 bits per heavy atom. The molecule has 1 saturated carbocycles. The second-order valence-corrected chi connectivity index (χ2v) is 3.97. The lowest BCUT2D eigenvalue weighted by molar-refractivity contribution is -0.111. The summed E-state index contributed by atoms with van der Waals surface area (Å²) in [5.74, 6) is 0.188. The first-order chi connectivity index (χ1) is 5.72. The SMILES string of the molecule is CC1=CC2(C=CC1=O)CCCC2. The van der Waals surface area contributed by atoms with Crippen molar-refractivity contribution in [2.24, 2.45) is 5.41 Å². The first-order valence-corrected chi connectivity index (χ1v) is 4.65. The van der Waals surface area contributed by atoms with Gasteiger partial charge in [-0.05, 0) is 31.4 Å². The van der Waals surface area contributed by atoms with Crippen LogP contribution in [0.3, 0.4) is 0 Å². The van der Waals surface area contributed by atoms with Gasteiger partial charge in [0.2, 0.25) is 0 Å². The Hall–Kier alpha value is -0.850. The molecule has 0 saturated heterocycles. The van der Waals surface area contributed by atoms with E-state index in [4.69, 9.17) is 0 Å². The van der Waals surface area contributed by atoms with Crippen molar-refractivity contribution >= 4 is 5.78 Å². The third-order valence-corrected chi connectivity index (χ3v) is 2.99. The Kier molecular flexibility index (Phi) is 1.67. The standard InChI is InChI=1S/C11H14O/c1-9-8-11(5-2-3-6-11)7-4-10(9)12/h4,7-8H,2-3,5-6H2,1H3. The Balaban J connectivity index is 2.30. The molecule has 0 aromatic heterocycles. The predicted molar refractivity (Wildman–Crippen MR) is 48.8 cm³/mol. The number of hydrogen-bond acceptors (Lipinski definition) is 1. The van der Waals surface area contributed by atoms with Crippen LogP contribution in [-0.2, 0) is 4.79 Å². The molecule has 0 heterocycles. The molecule has 0 radical (unpaired) electrons. The molecular weight excluding hydrogens is 148 g/mol. The first-order valence-electron chi connectivity index (χ1n) is 4.65. The molecule has 0 aromatic carbocycles. The second-order valence-electron chi connectivity index (χ2n) is 3.97. The number of ketones is 1. The molecule has 2 aliphatic rings. The highest BCUT2D eigenvalue weighted by Gasteiger charge is 2.31. The fourth-order valence-electron chi connectivity index (χ4n) is 2.27. The summed E-state index contributed by atoms with van der Waals surface area (Å²) < 4.78 is 0. The van der Waals surface area contributed by atoms with Gasteiger partial charge in [0, 0.05) is 5.41 Å². The normalized spacial score (nSPS) is 26.4. The van der Waals surface area contributed by atoms with Gasteiger partial charge in [-0.1, -0.05) is 25.0 Å². The smallest absolute Gasteiger partial charge is 0.180 e. The Bertz CT molecular complexity index is 265. The fraction of sp³-hybridized carbons (Fsp3) is 0.545. The van der Waals surface area contributed by atoms with Crippen LogP contribution >= 0.6 is 0 Å². The second kappa shape index (κ2) is 2.58. The van der Waals surface area contributed by atoms with Crippen LogP contribution in [0.5, 0.6) is 0 Å². The molecule has 0 amide bonds. The number of allylic oxidation sites excluding steroid dienone is 4. The van der Waals surface area contributed by atoms with Crippen LogP contribution in [0.15, 0.2) is 23.8 Å². The molecule has 1 nitrogen and oxygen atoms in total. The van der Waals surface area contributed by atoms with E-state index in [1.165, 1.54) is 25.7 Å². The summed E-state index contributed by atoms with van der Waals surface area (Å²) in [4.78, 5) is 11.2. The summed E-state index contributed by atoms with van der Waals surface area (Å²) in [6, 6.07) is 0. The summed E-state index contributed by atoms with van der Waals surface area (Å²) in [7, 11) is 0. The molecule has 0 aromatic rings. The molecule has 0 unspecified atom stereocenters. The summed E-state index contributed by atoms with van der Waals surface area (Å²) in [6.07, 6.45) is 11.1. The maximum atomic E-state index is 11.2. The zero-order chi connectivity index (χ0) is 8.60. The van der Waals surface area contributed by atoms with E-state index in [1.807, 2.05) is 6.92 Å². The number of rotatable bonds is 0. The van der Waals surface area contributed by atoms with Crippen molar-refractivity contribution in [3.05, 3.63) is 23.8 Å². The maximum absolute atomic E-state index is 11.2. The van der Waals surface area contributed by atoms with Crippen LogP contribution in [0.2, 0.25) is 0 Å². The quantitative estimate of drug-likeness (QED) is 0.535. The lowest BCUT2D eigenvalue weighted by Crippen LogP contribution is -2.16. The highest BCUT2D eigenvalue weighted by atomic mass is 16.1. The van der Waals surface area contributed by atoms with E-state index >= 15 is 0 Å². The number of hydrogen-bond donors (Lipinski definition) is 0. The van der Waals surface area contributed by atoms with Gasteiger partial charge in [0.25, 0.3) is 0 Å². The van der Waals surface area contributed by atoms with Gasteiger partial charge in [0.1, 0.15) is 0 Å². The van der Waals surface area contributed by atoms with Gasteiger partial charge in [0.05, 0.1) is 0 Å². The highest BCUT2D eigenvalue weighted by molar-refractivity contribution is 6.04. The van der Waals surface area contributed by atoms with Crippen molar-refractivity contribution in [2.75, 3.05) is 0 Å². The van der Waals surface area contributed by atoms with Gasteiger partial charge in [-0.3, -0.25) is 4.79 Å². The van der Waals surface area contributed by atoms with E-state index in [0.29, 0.717) is 0 Å². The molecule has 1 heteroatoms. The minimum atomic E-state index is 0.188. The molecule has 2 aliphatic carbocycles. The average molecular weight is 162 g/mol. The highest BCUT2D eigenvalue weighted by Crippen LogP contribution is 2.43. The van der Waals surface area contributed by atoms with Gasteiger partial charge in [-0.15, -0.1) is 0 Å². The van der Waals surface area contributed by atoms with E-state index < -0.39 is 0 Å². The minimum absolute atomic E-state index is 0.188. The number of carbonyl (C=O) groups excluding carboxylic acids is 1. The van der Waals surface area contributed by atoms with E-state index in [0.717, 1.165) is 5.57 Å². The minimum Gasteiger partial charge on any atom is -0.290 e. The third-order valence-electron chi connectivity index (χ3n) is 2.99. The molecule has 2 rings (SSSR count). The van der Waals surface area contributed by atoms with Crippen LogP contribution in [0.4, 0.5) is 0 Å². The zero-order valence-corrected chi connectivity index (χ0v) is 7.47. The summed E-state index contributed by atoms with van der Waals surface area (Å²) in [5.41, 5.74) is 1.19. The van der Waals surface area contributed by atoms with Gasteiger partial charge >= 0.3 is 0 Å². The molecule has 0 aliphatic heterocycles. The van der Waals surface area contributed by atoms with Crippen LogP contribution in [-0.4, -0.2) is 5.78 Å². The van der Waals surface area contributed by atoms with Gasteiger partial charge in [-0.25, -0.2) is 0 Å². The first kappa shape index (κ1) is 7.78. The largest absolute Gasteiger partial charge is 0.290 e. The predicted octanol–water partition coefficient (Wildman–Crippen LogP) is 2.63. The molecule has 0 bridgehead atoms. The lowest BCUT2D eigenvalue weighted by Gasteiger charge is -2.24. The zero-order valence-electron chi connectivity index (χ0n) is 7.47. The monoisotopic (exact) mass is 162 g/mol. The van der Waals surface area contributed by atoms with Crippen LogP contribution in [0.25, 0.3) is 0 Å². The van der Waals surface area contributed by atoms with E-state index in [2.05, 4.69) is 12.2 Å². The number of carbonyl (C=O) groups is 1. The fourth-order valence-corrected chi connectivity index (χ4v) is 2.27. The summed E-state index contributed by atoms with van der Waals surface area (Å²) in [6.45, 7) is 1.92. The van der Waals surface area contributed by atoms with E-state index in [9.17, 15) is 4.79 Å². The molecule has 12 heavy (non-hydrogen) atoms. The van der Waals surface area contributed by atoms with Crippen LogP contribution < -0.4 is 0 Å². The van der Waals surface area contributed by atoms with Crippen molar-refractivity contribution in [3.8, 4) is 0 Å². The van der Waals surface area contributed by atoms with Gasteiger partial charge < -0.3 is 0 Å². The molecule has 1 fully saturated rings. The van der Waals surface area contributed by atoms with E-state index in [1.54, 1.807) is 6.08 Å². The van der Waals surface area contributed by atoms with Crippen molar-refractivity contribution in [2.45, 2.75) is 32.6 Å². The average Bonchev–Trinajstić information content (AvgIpc) is 2.47. The Morgan fingerprint density at radius 3 is 2.58 bits per heavy atom. The van der Waals surface area contributed by atoms with Crippen molar-refractivity contribution in [3.63, 3.8) is 0 Å². The van der Waals surface area contributed by atoms with E-state index in [-0.39, 0.29) is 11.2 Å². The van der Waals surface area contributed by atoms with Crippen molar-refractivity contribution < 1.29 is 4.79 Å². The van der Waals surface area contributed by atoms with Crippen LogP contribution in [0.1, 0.15) is 32.6 Å². The summed E-state index contributed by atoms with van der Waals surface area (Å²) in [5, 5.41) is 0. The molecular formula is C11H14O. The van der Waals surface area contributed by atoms with Crippen molar-refractivity contribution in [1.29, 1.82) is 0 Å². The Morgan fingerprint density at radius 2 is 2.00 bits per heavy atom. The van der Waals surface area contributed by atoms with Gasteiger partial charge in [0.15, 0.2) is 5.78 Å². The topological polar surface area (TPSA) is 17.1 Å². The third kappa shape index (κ3) is 1.13. The molecule has 0 N–H and O–H groups in total. The summed E-state index contributed by atoms with van der Waals surface area (Å²) >= 11 is 0. The molecule has 1 spiro atoms. The van der Waals surface area contributed by atoms with Crippen LogP contribution in [0, 0.1) is 5.41 Å². The van der Waals surface area contributed by atoms with Gasteiger partial charge in [-0.2, -0.15) is 0 Å².